The van der Waals surface area contributed by atoms with Gasteiger partial charge in [0.1, 0.15) is 11.5 Å². The molecule has 224 valence electrons. The lowest BCUT2D eigenvalue weighted by atomic mass is 10.0. The second kappa shape index (κ2) is 12.3. The van der Waals surface area contributed by atoms with Crippen molar-refractivity contribution in [2.45, 2.75) is 20.3 Å². The maximum absolute atomic E-state index is 14.7. The fourth-order valence-corrected chi connectivity index (χ4v) is 5.32. The number of nitrogens with zero attached hydrogens (tertiary/aromatic N) is 4. The molecule has 4 aromatic heterocycles. The van der Waals surface area contributed by atoms with Gasteiger partial charge in [0.15, 0.2) is 0 Å². The first kappa shape index (κ1) is 29.0. The van der Waals surface area contributed by atoms with Crippen LogP contribution in [0.2, 0.25) is 0 Å². The first-order valence-electron chi connectivity index (χ1n) is 14.6. The Bertz CT molecular complexity index is 1960. The summed E-state index contributed by atoms with van der Waals surface area (Å²) < 4.78 is 14.7. The largest absolute Gasteiger partial charge is 0.384 e. The maximum atomic E-state index is 14.7. The number of hydrogen-bond donors (Lipinski definition) is 4. The molecule has 10 heteroatoms. The standard InChI is InChI=1S/C34H35FN8O/c1-20(2)10-33(44)39-25-13-22(17-36-18-25)30-16-28-32(19-38-30)41-42-34(28)31-15-27-26(6-5-7-29(27)40-31)21-11-23(35)14-24(12-21)37-8-9-43(3)4/h5-7,11-20,37,40H,8-10H2,1-4H3,(H,39,44)(H,41,42). The van der Waals surface area contributed by atoms with E-state index in [1.54, 1.807) is 24.7 Å². The molecule has 6 aromatic rings. The van der Waals surface area contributed by atoms with Crippen LogP contribution in [0.3, 0.4) is 0 Å². The molecule has 6 rings (SSSR count). The third-order valence-electron chi connectivity index (χ3n) is 7.37. The number of nitrogens with one attached hydrogen (secondary N) is 4. The van der Waals surface area contributed by atoms with E-state index in [9.17, 15) is 9.18 Å². The third-order valence-corrected chi connectivity index (χ3v) is 7.37. The fraction of sp³-hybridized carbons (Fsp3) is 0.235. The average molecular weight is 591 g/mol. The van der Waals surface area contributed by atoms with E-state index in [4.69, 9.17) is 0 Å². The summed E-state index contributed by atoms with van der Waals surface area (Å²) in [6.45, 7) is 5.57. The number of rotatable bonds is 10. The normalized spacial score (nSPS) is 11.6. The highest BCUT2D eigenvalue weighted by molar-refractivity contribution is 6.02. The molecule has 0 unspecified atom stereocenters. The number of carbonyl (C=O) groups excluding carboxylic acids is 1. The van der Waals surface area contributed by atoms with E-state index in [-0.39, 0.29) is 17.6 Å². The Morgan fingerprint density at radius 1 is 0.955 bits per heavy atom. The maximum Gasteiger partial charge on any atom is 0.224 e. The van der Waals surface area contributed by atoms with E-state index < -0.39 is 0 Å². The van der Waals surface area contributed by atoms with Crippen molar-refractivity contribution in [3.63, 3.8) is 0 Å². The first-order valence-corrected chi connectivity index (χ1v) is 14.6. The number of amides is 1. The van der Waals surface area contributed by atoms with Crippen molar-refractivity contribution in [2.24, 2.45) is 5.92 Å². The van der Waals surface area contributed by atoms with Gasteiger partial charge in [0.2, 0.25) is 5.91 Å². The summed E-state index contributed by atoms with van der Waals surface area (Å²) in [5, 5.41) is 15.8. The Morgan fingerprint density at radius 3 is 2.61 bits per heavy atom. The molecule has 44 heavy (non-hydrogen) atoms. The van der Waals surface area contributed by atoms with Crippen LogP contribution in [0.15, 0.2) is 73.2 Å². The number of benzene rings is 2. The minimum Gasteiger partial charge on any atom is -0.384 e. The van der Waals surface area contributed by atoms with Gasteiger partial charge in [-0.1, -0.05) is 26.0 Å². The van der Waals surface area contributed by atoms with Crippen LogP contribution in [0.4, 0.5) is 15.8 Å². The highest BCUT2D eigenvalue weighted by atomic mass is 19.1. The van der Waals surface area contributed by atoms with Gasteiger partial charge in [-0.15, -0.1) is 0 Å². The number of aromatic nitrogens is 5. The number of hydrogen-bond acceptors (Lipinski definition) is 6. The number of pyridine rings is 2. The highest BCUT2D eigenvalue weighted by Crippen LogP contribution is 2.36. The van der Waals surface area contributed by atoms with Gasteiger partial charge < -0.3 is 20.5 Å². The molecule has 0 aliphatic rings. The van der Waals surface area contributed by atoms with Gasteiger partial charge in [0, 0.05) is 53.2 Å². The molecule has 0 bridgehead atoms. The van der Waals surface area contributed by atoms with Crippen LogP contribution in [0.25, 0.3) is 55.6 Å². The zero-order valence-electron chi connectivity index (χ0n) is 25.2. The minimum atomic E-state index is -0.293. The summed E-state index contributed by atoms with van der Waals surface area (Å²) in [5.41, 5.74) is 7.84. The highest BCUT2D eigenvalue weighted by Gasteiger charge is 2.16. The molecule has 0 atom stereocenters. The Hall–Kier alpha value is -5.09. The lowest BCUT2D eigenvalue weighted by Gasteiger charge is -2.13. The van der Waals surface area contributed by atoms with E-state index in [0.717, 1.165) is 62.1 Å². The topological polar surface area (TPSA) is 115 Å². The van der Waals surface area contributed by atoms with Gasteiger partial charge >= 0.3 is 0 Å². The molecule has 0 radical (unpaired) electrons. The average Bonchev–Trinajstić information content (AvgIpc) is 3.60. The lowest BCUT2D eigenvalue weighted by molar-refractivity contribution is -0.116. The fourth-order valence-electron chi connectivity index (χ4n) is 5.32. The van der Waals surface area contributed by atoms with Crippen LogP contribution in [-0.4, -0.2) is 63.1 Å². The van der Waals surface area contributed by atoms with E-state index in [2.05, 4.69) is 46.7 Å². The second-order valence-electron chi connectivity index (χ2n) is 11.7. The molecule has 0 saturated heterocycles. The quantitative estimate of drug-likeness (QED) is 0.138. The van der Waals surface area contributed by atoms with E-state index >= 15 is 0 Å². The summed E-state index contributed by atoms with van der Waals surface area (Å²) >= 11 is 0. The SMILES string of the molecule is CC(C)CC(=O)Nc1cncc(-c2cc3c(-c4cc5c(-c6cc(F)cc(NCCN(C)C)c6)cccc5[nH]4)n[nH]c3cn2)c1. The van der Waals surface area contributed by atoms with Crippen molar-refractivity contribution in [2.75, 3.05) is 37.8 Å². The van der Waals surface area contributed by atoms with Crippen LogP contribution < -0.4 is 10.6 Å². The second-order valence-corrected chi connectivity index (χ2v) is 11.7. The molecular weight excluding hydrogens is 555 g/mol. The smallest absolute Gasteiger partial charge is 0.224 e. The molecule has 0 fully saturated rings. The zero-order chi connectivity index (χ0) is 30.8. The molecule has 4 N–H and O–H groups in total. The van der Waals surface area contributed by atoms with Crippen LogP contribution in [0.1, 0.15) is 20.3 Å². The monoisotopic (exact) mass is 590 g/mol. The Kier molecular flexibility index (Phi) is 8.08. The van der Waals surface area contributed by atoms with Crippen LogP contribution in [-0.2, 0) is 4.79 Å². The molecule has 0 aliphatic heterocycles. The van der Waals surface area contributed by atoms with Gasteiger partial charge in [-0.3, -0.25) is 19.9 Å². The van der Waals surface area contributed by atoms with Gasteiger partial charge in [0.25, 0.3) is 0 Å². The Morgan fingerprint density at radius 2 is 1.80 bits per heavy atom. The first-order chi connectivity index (χ1) is 21.2. The molecular formula is C34H35FN8O. The van der Waals surface area contributed by atoms with Gasteiger partial charge in [-0.2, -0.15) is 5.10 Å². The molecule has 0 aliphatic carbocycles. The number of H-pyrrole nitrogens is 2. The summed E-state index contributed by atoms with van der Waals surface area (Å²) in [5.74, 6) is -0.0800. The molecule has 9 nitrogen and oxygen atoms in total. The van der Waals surface area contributed by atoms with Crippen molar-refractivity contribution in [1.29, 1.82) is 0 Å². The lowest BCUT2D eigenvalue weighted by Crippen LogP contribution is -2.20. The van der Waals surface area contributed by atoms with E-state index in [1.165, 1.54) is 6.07 Å². The summed E-state index contributed by atoms with van der Waals surface area (Å²) in [6.07, 6.45) is 5.54. The van der Waals surface area contributed by atoms with Crippen molar-refractivity contribution < 1.29 is 9.18 Å². The predicted octanol–water partition coefficient (Wildman–Crippen LogP) is 6.93. The summed E-state index contributed by atoms with van der Waals surface area (Å²) in [6, 6.07) is 16.9. The predicted molar refractivity (Wildman–Crippen MR) is 175 cm³/mol. The van der Waals surface area contributed by atoms with Crippen molar-refractivity contribution >= 4 is 39.1 Å². The van der Waals surface area contributed by atoms with Crippen LogP contribution in [0.5, 0.6) is 0 Å². The number of aromatic amines is 2. The van der Waals surface area contributed by atoms with Crippen LogP contribution in [0, 0.1) is 11.7 Å². The number of fused-ring (bicyclic) bond motifs is 2. The van der Waals surface area contributed by atoms with Crippen LogP contribution >= 0.6 is 0 Å². The Balaban J connectivity index is 1.33. The number of likely N-dealkylation sites (N-methyl/N-ethyl adjacent to an activating group) is 1. The van der Waals surface area contributed by atoms with Crippen molar-refractivity contribution in [3.8, 4) is 33.8 Å². The summed E-state index contributed by atoms with van der Waals surface area (Å²) in [7, 11) is 4.02. The van der Waals surface area contributed by atoms with E-state index in [0.29, 0.717) is 24.3 Å². The number of anilines is 2. The summed E-state index contributed by atoms with van der Waals surface area (Å²) in [4.78, 5) is 26.8. The molecule has 0 spiro atoms. The number of halogens is 1. The van der Waals surface area contributed by atoms with Gasteiger partial charge in [-0.25, -0.2) is 4.39 Å². The molecule has 1 amide bonds. The minimum absolute atomic E-state index is 0.0484. The van der Waals surface area contributed by atoms with E-state index in [1.807, 2.05) is 64.3 Å². The molecule has 2 aromatic carbocycles. The molecule has 4 heterocycles. The van der Waals surface area contributed by atoms with Gasteiger partial charge in [0.05, 0.1) is 35.0 Å². The van der Waals surface area contributed by atoms with Gasteiger partial charge in [-0.05, 0) is 73.6 Å². The zero-order valence-corrected chi connectivity index (χ0v) is 25.2. The number of carbonyl (C=O) groups is 1. The van der Waals surface area contributed by atoms with Crippen molar-refractivity contribution in [3.05, 3.63) is 79.0 Å². The van der Waals surface area contributed by atoms with Crippen molar-refractivity contribution in [1.82, 2.24) is 30.0 Å². The molecule has 0 saturated carbocycles. The Labute approximate surface area is 254 Å². The third kappa shape index (κ3) is 6.30.